The molecule has 106 valence electrons. The van der Waals surface area contributed by atoms with Gasteiger partial charge in [-0.15, -0.1) is 0 Å². The van der Waals surface area contributed by atoms with Crippen molar-refractivity contribution in [1.82, 2.24) is 4.72 Å². The van der Waals surface area contributed by atoms with Crippen molar-refractivity contribution in [2.45, 2.75) is 42.7 Å². The normalized spacial score (nSPS) is 24.4. The zero-order valence-electron chi connectivity index (χ0n) is 10.1. The first kappa shape index (κ1) is 15.1. The fraction of sp³-hybridized carbons (Fsp3) is 0.500. The van der Waals surface area contributed by atoms with Crippen molar-refractivity contribution in [3.63, 3.8) is 0 Å². The Bertz CT molecular complexity index is 562. The number of nitrogens with one attached hydrogen (secondary N) is 1. The van der Waals surface area contributed by atoms with Crippen molar-refractivity contribution in [2.75, 3.05) is 0 Å². The molecule has 1 saturated carbocycles. The minimum atomic E-state index is -3.69. The Balaban J connectivity index is 2.19. The SMILES string of the molecule is O=S(=O)(N[C@H]1CCCC[C@@H]1O)c1ccc(Cl)c(Cl)c1. The van der Waals surface area contributed by atoms with Crippen LogP contribution in [0.15, 0.2) is 23.1 Å². The van der Waals surface area contributed by atoms with Crippen molar-refractivity contribution in [3.05, 3.63) is 28.2 Å². The molecule has 2 atom stereocenters. The molecule has 1 aromatic carbocycles. The van der Waals surface area contributed by atoms with Gasteiger partial charge in [-0.25, -0.2) is 13.1 Å². The molecule has 7 heteroatoms. The molecule has 1 aliphatic carbocycles. The molecule has 0 bridgehead atoms. The Morgan fingerprint density at radius 3 is 2.47 bits per heavy atom. The van der Waals surface area contributed by atoms with Crippen LogP contribution in [0.2, 0.25) is 10.0 Å². The van der Waals surface area contributed by atoms with Crippen LogP contribution in [0.4, 0.5) is 0 Å². The van der Waals surface area contributed by atoms with Crippen molar-refractivity contribution in [2.24, 2.45) is 0 Å². The molecule has 19 heavy (non-hydrogen) atoms. The third-order valence-electron chi connectivity index (χ3n) is 3.24. The Labute approximate surface area is 122 Å². The van der Waals surface area contributed by atoms with Gasteiger partial charge in [-0.3, -0.25) is 0 Å². The molecule has 0 saturated heterocycles. The molecule has 0 heterocycles. The van der Waals surface area contributed by atoms with Crippen LogP contribution in [0.1, 0.15) is 25.7 Å². The van der Waals surface area contributed by atoms with E-state index < -0.39 is 22.2 Å². The molecular formula is C12H15Cl2NO3S. The maximum atomic E-state index is 12.2. The molecule has 0 radical (unpaired) electrons. The second-order valence-corrected chi connectivity index (χ2v) is 7.18. The van der Waals surface area contributed by atoms with Gasteiger partial charge in [0.05, 0.1) is 21.0 Å². The van der Waals surface area contributed by atoms with Gasteiger partial charge in [0.15, 0.2) is 0 Å². The van der Waals surface area contributed by atoms with E-state index in [1.807, 2.05) is 0 Å². The van der Waals surface area contributed by atoms with E-state index in [9.17, 15) is 13.5 Å². The lowest BCUT2D eigenvalue weighted by Gasteiger charge is -2.28. The number of sulfonamides is 1. The fourth-order valence-electron chi connectivity index (χ4n) is 2.16. The molecule has 0 unspecified atom stereocenters. The van der Waals surface area contributed by atoms with Crippen LogP contribution in [-0.4, -0.2) is 25.7 Å². The first-order valence-electron chi connectivity index (χ1n) is 6.05. The van der Waals surface area contributed by atoms with E-state index in [0.717, 1.165) is 12.8 Å². The predicted molar refractivity (Wildman–Crippen MR) is 75.0 cm³/mol. The highest BCUT2D eigenvalue weighted by Crippen LogP contribution is 2.26. The average molecular weight is 324 g/mol. The fourth-order valence-corrected chi connectivity index (χ4v) is 3.85. The van der Waals surface area contributed by atoms with Gasteiger partial charge in [-0.05, 0) is 31.0 Å². The lowest BCUT2D eigenvalue weighted by Crippen LogP contribution is -2.44. The van der Waals surface area contributed by atoms with E-state index in [2.05, 4.69) is 4.72 Å². The van der Waals surface area contributed by atoms with Crippen molar-refractivity contribution >= 4 is 33.2 Å². The summed E-state index contributed by atoms with van der Waals surface area (Å²) in [7, 11) is -3.69. The van der Waals surface area contributed by atoms with Gasteiger partial charge in [0.25, 0.3) is 0 Å². The Morgan fingerprint density at radius 2 is 1.84 bits per heavy atom. The predicted octanol–water partition coefficient (Wildman–Crippen LogP) is 2.58. The van der Waals surface area contributed by atoms with Crippen molar-refractivity contribution < 1.29 is 13.5 Å². The van der Waals surface area contributed by atoms with E-state index in [4.69, 9.17) is 23.2 Å². The Morgan fingerprint density at radius 1 is 1.16 bits per heavy atom. The highest BCUT2D eigenvalue weighted by molar-refractivity contribution is 7.89. The molecule has 4 nitrogen and oxygen atoms in total. The lowest BCUT2D eigenvalue weighted by molar-refractivity contribution is 0.101. The summed E-state index contributed by atoms with van der Waals surface area (Å²) in [6.07, 6.45) is 2.46. The number of halogens is 2. The van der Waals surface area contributed by atoms with Crippen LogP contribution < -0.4 is 4.72 Å². The molecule has 0 aliphatic heterocycles. The number of aliphatic hydroxyl groups is 1. The third kappa shape index (κ3) is 3.61. The van der Waals surface area contributed by atoms with Gasteiger partial charge in [-0.1, -0.05) is 36.0 Å². The second kappa shape index (κ2) is 5.97. The Kier molecular flexibility index (Phi) is 4.74. The van der Waals surface area contributed by atoms with Gasteiger partial charge in [0, 0.05) is 6.04 Å². The summed E-state index contributed by atoms with van der Waals surface area (Å²) in [5.41, 5.74) is 0. The van der Waals surface area contributed by atoms with Crippen LogP contribution in [0.5, 0.6) is 0 Å². The van der Waals surface area contributed by atoms with Gasteiger partial charge in [-0.2, -0.15) is 0 Å². The maximum Gasteiger partial charge on any atom is 0.240 e. The monoisotopic (exact) mass is 323 g/mol. The van der Waals surface area contributed by atoms with Crippen LogP contribution in [0.3, 0.4) is 0 Å². The molecule has 2 rings (SSSR count). The standard InChI is InChI=1S/C12H15Cl2NO3S/c13-9-6-5-8(7-10(9)14)19(17,18)15-11-3-1-2-4-12(11)16/h5-7,11-12,15-16H,1-4H2/t11-,12-/m0/s1. The molecule has 1 fully saturated rings. The van der Waals surface area contributed by atoms with Crippen LogP contribution in [0, 0.1) is 0 Å². The minimum Gasteiger partial charge on any atom is -0.391 e. The van der Waals surface area contributed by atoms with Gasteiger partial charge >= 0.3 is 0 Å². The quantitative estimate of drug-likeness (QED) is 0.898. The van der Waals surface area contributed by atoms with Gasteiger partial charge < -0.3 is 5.11 Å². The number of hydrogen-bond acceptors (Lipinski definition) is 3. The summed E-state index contributed by atoms with van der Waals surface area (Å²) in [5.74, 6) is 0. The first-order valence-corrected chi connectivity index (χ1v) is 8.29. The molecule has 0 amide bonds. The lowest BCUT2D eigenvalue weighted by atomic mass is 9.93. The summed E-state index contributed by atoms with van der Waals surface area (Å²) in [5, 5.41) is 10.3. The third-order valence-corrected chi connectivity index (χ3v) is 5.46. The smallest absolute Gasteiger partial charge is 0.240 e. The number of rotatable bonds is 3. The first-order chi connectivity index (χ1) is 8.90. The molecule has 1 aliphatic rings. The van der Waals surface area contributed by atoms with E-state index in [-0.39, 0.29) is 9.92 Å². The zero-order valence-corrected chi connectivity index (χ0v) is 12.5. The maximum absolute atomic E-state index is 12.2. The Hall–Kier alpha value is -0.330. The minimum absolute atomic E-state index is 0.0553. The van der Waals surface area contributed by atoms with Crippen LogP contribution in [0.25, 0.3) is 0 Å². The molecule has 0 spiro atoms. The van der Waals surface area contributed by atoms with Gasteiger partial charge in [0.1, 0.15) is 0 Å². The zero-order chi connectivity index (χ0) is 14.0. The van der Waals surface area contributed by atoms with E-state index >= 15 is 0 Å². The summed E-state index contributed by atoms with van der Waals surface area (Å²) in [6.45, 7) is 0. The molecule has 2 N–H and O–H groups in total. The topological polar surface area (TPSA) is 66.4 Å². The van der Waals surface area contributed by atoms with E-state index in [1.165, 1.54) is 18.2 Å². The summed E-state index contributed by atoms with van der Waals surface area (Å²) < 4.78 is 26.9. The number of benzene rings is 1. The number of aliphatic hydroxyl groups excluding tert-OH is 1. The van der Waals surface area contributed by atoms with Gasteiger partial charge in [0.2, 0.25) is 10.0 Å². The van der Waals surface area contributed by atoms with Crippen LogP contribution >= 0.6 is 23.2 Å². The van der Waals surface area contributed by atoms with E-state index in [0.29, 0.717) is 17.9 Å². The number of hydrogen-bond donors (Lipinski definition) is 2. The summed E-state index contributed by atoms with van der Waals surface area (Å²) >= 11 is 11.6. The molecule has 1 aromatic rings. The highest BCUT2D eigenvalue weighted by atomic mass is 35.5. The highest BCUT2D eigenvalue weighted by Gasteiger charge is 2.28. The second-order valence-electron chi connectivity index (χ2n) is 4.66. The van der Waals surface area contributed by atoms with Crippen molar-refractivity contribution in [3.8, 4) is 0 Å². The largest absolute Gasteiger partial charge is 0.391 e. The molecular weight excluding hydrogens is 309 g/mol. The van der Waals surface area contributed by atoms with Crippen LogP contribution in [-0.2, 0) is 10.0 Å². The van der Waals surface area contributed by atoms with Crippen molar-refractivity contribution in [1.29, 1.82) is 0 Å². The average Bonchev–Trinajstić information content (AvgIpc) is 2.35. The summed E-state index contributed by atoms with van der Waals surface area (Å²) in [6, 6.07) is 3.70. The summed E-state index contributed by atoms with van der Waals surface area (Å²) in [4.78, 5) is 0.0553. The molecule has 0 aromatic heterocycles. The van der Waals surface area contributed by atoms with E-state index in [1.54, 1.807) is 0 Å².